The van der Waals surface area contributed by atoms with Crippen LogP contribution in [0.15, 0.2) is 29.1 Å². The number of aryl methyl sites for hydroxylation is 1. The summed E-state index contributed by atoms with van der Waals surface area (Å²) in [5.74, 6) is -1.01. The Labute approximate surface area is 164 Å². The summed E-state index contributed by atoms with van der Waals surface area (Å²) in [5.41, 5.74) is 1.86. The number of aliphatic hydroxyl groups is 1. The van der Waals surface area contributed by atoms with Crippen molar-refractivity contribution in [2.24, 2.45) is 0 Å². The van der Waals surface area contributed by atoms with Crippen LogP contribution in [0.3, 0.4) is 0 Å². The van der Waals surface area contributed by atoms with Crippen LogP contribution in [0.5, 0.6) is 5.88 Å². The van der Waals surface area contributed by atoms with Crippen molar-refractivity contribution < 1.29 is 20.1 Å². The lowest BCUT2D eigenvalue weighted by Gasteiger charge is -2.12. The van der Waals surface area contributed by atoms with Crippen LogP contribution < -0.4 is 5.69 Å². The average Bonchev–Trinajstić information content (AvgIpc) is 2.91. The molecule has 0 radical (unpaired) electrons. The Morgan fingerprint density at radius 3 is 2.68 bits per heavy atom. The highest BCUT2D eigenvalue weighted by Crippen LogP contribution is 2.19. The molecule has 1 heterocycles. The molecular weight excluding hydrogens is 360 g/mol. The monoisotopic (exact) mass is 390 g/mol. The van der Waals surface area contributed by atoms with Crippen molar-refractivity contribution in [3.63, 3.8) is 0 Å². The van der Waals surface area contributed by atoms with Crippen LogP contribution in [0.4, 0.5) is 0 Å². The summed E-state index contributed by atoms with van der Waals surface area (Å²) >= 11 is 0. The van der Waals surface area contributed by atoms with Crippen molar-refractivity contribution >= 4 is 5.97 Å². The molecule has 0 aliphatic heterocycles. The van der Waals surface area contributed by atoms with E-state index in [2.05, 4.69) is 11.9 Å². The Morgan fingerprint density at radius 1 is 1.21 bits per heavy atom. The molecule has 7 nitrogen and oxygen atoms in total. The zero-order valence-electron chi connectivity index (χ0n) is 16.4. The number of aromatic nitrogens is 2. The van der Waals surface area contributed by atoms with Gasteiger partial charge in [0.25, 0.3) is 0 Å². The number of imidazole rings is 1. The van der Waals surface area contributed by atoms with E-state index >= 15 is 0 Å². The fraction of sp³-hybridized carbons (Fsp3) is 0.524. The largest absolute Gasteiger partial charge is 0.493 e. The molecule has 1 unspecified atom stereocenters. The number of nitrogens with one attached hydrogen (secondary N) is 1. The molecule has 7 heteroatoms. The fourth-order valence-electron chi connectivity index (χ4n) is 3.30. The molecule has 0 saturated carbocycles. The average molecular weight is 390 g/mol. The van der Waals surface area contributed by atoms with Crippen LogP contribution >= 0.6 is 0 Å². The first-order valence-electron chi connectivity index (χ1n) is 9.89. The first kappa shape index (κ1) is 21.8. The van der Waals surface area contributed by atoms with E-state index in [1.165, 1.54) is 4.57 Å². The maximum atomic E-state index is 12.2. The normalized spacial score (nSPS) is 12.2. The zero-order valence-corrected chi connectivity index (χ0v) is 16.4. The third-order valence-electron chi connectivity index (χ3n) is 4.89. The van der Waals surface area contributed by atoms with Crippen molar-refractivity contribution in [3.05, 3.63) is 51.6 Å². The van der Waals surface area contributed by atoms with Crippen molar-refractivity contribution in [2.45, 2.75) is 70.9 Å². The van der Waals surface area contributed by atoms with Crippen molar-refractivity contribution in [1.29, 1.82) is 0 Å². The number of carbonyl (C=O) groups is 1. The molecule has 0 aliphatic rings. The third kappa shape index (κ3) is 6.56. The predicted molar refractivity (Wildman–Crippen MR) is 107 cm³/mol. The van der Waals surface area contributed by atoms with Gasteiger partial charge in [-0.2, -0.15) is 0 Å². The standard InChI is InChI=1S/C21H30N2O5/c1-2-3-4-8-17(24)11-12-23-18(20(27)22-21(23)28)14-16-7-5-6-15(13-16)9-10-19(25)26/h5-7,13,17,24,27H,2-4,8-12,14H2,1H3,(H,22,28)(H,25,26). The van der Waals surface area contributed by atoms with Crippen LogP contribution in [0.1, 0.15) is 62.3 Å². The molecule has 28 heavy (non-hydrogen) atoms. The lowest BCUT2D eigenvalue weighted by molar-refractivity contribution is -0.136. The van der Waals surface area contributed by atoms with Gasteiger partial charge in [0.1, 0.15) is 0 Å². The van der Waals surface area contributed by atoms with E-state index < -0.39 is 17.8 Å². The summed E-state index contributed by atoms with van der Waals surface area (Å²) in [5, 5.41) is 29.1. The second-order valence-electron chi connectivity index (χ2n) is 7.21. The van der Waals surface area contributed by atoms with Gasteiger partial charge in [0.15, 0.2) is 0 Å². The summed E-state index contributed by atoms with van der Waals surface area (Å²) in [6.07, 6.45) is 4.64. The predicted octanol–water partition coefficient (Wildman–Crippen LogP) is 2.82. The van der Waals surface area contributed by atoms with Crippen LogP contribution in [0.2, 0.25) is 0 Å². The smallest absolute Gasteiger partial charge is 0.328 e. The molecule has 0 saturated heterocycles. The fourth-order valence-corrected chi connectivity index (χ4v) is 3.30. The SMILES string of the molecule is CCCCCC(O)CCn1c(Cc2cccc(CCC(=O)O)c2)c(O)[nH]c1=O. The van der Waals surface area contributed by atoms with E-state index in [9.17, 15) is 19.8 Å². The van der Waals surface area contributed by atoms with Gasteiger partial charge in [-0.1, -0.05) is 50.5 Å². The highest BCUT2D eigenvalue weighted by molar-refractivity contribution is 5.67. The molecule has 0 bridgehead atoms. The van der Waals surface area contributed by atoms with E-state index in [-0.39, 0.29) is 12.3 Å². The maximum absolute atomic E-state index is 12.2. The van der Waals surface area contributed by atoms with Crippen LogP contribution in [-0.2, 0) is 24.2 Å². The molecule has 1 aromatic heterocycles. The molecule has 0 aliphatic carbocycles. The van der Waals surface area contributed by atoms with Gasteiger partial charge in [-0.25, -0.2) is 4.79 Å². The molecule has 154 valence electrons. The molecule has 1 atom stereocenters. The van der Waals surface area contributed by atoms with Gasteiger partial charge in [0.05, 0.1) is 11.8 Å². The van der Waals surface area contributed by atoms with E-state index in [1.807, 2.05) is 24.3 Å². The number of carboxylic acid groups (broad SMARTS) is 1. The maximum Gasteiger partial charge on any atom is 0.328 e. The van der Waals surface area contributed by atoms with Crippen molar-refractivity contribution in [2.75, 3.05) is 0 Å². The topological polar surface area (TPSA) is 116 Å². The number of rotatable bonds is 12. The number of benzene rings is 1. The molecule has 1 aromatic carbocycles. The zero-order chi connectivity index (χ0) is 20.5. The Balaban J connectivity index is 2.07. The molecule has 0 spiro atoms. The van der Waals surface area contributed by atoms with Gasteiger partial charge in [-0.05, 0) is 30.4 Å². The summed E-state index contributed by atoms with van der Waals surface area (Å²) in [4.78, 5) is 25.4. The number of hydrogen-bond acceptors (Lipinski definition) is 4. The number of aliphatic hydroxyl groups excluding tert-OH is 1. The minimum Gasteiger partial charge on any atom is -0.493 e. The minimum atomic E-state index is -0.847. The summed E-state index contributed by atoms with van der Waals surface area (Å²) in [7, 11) is 0. The molecular formula is C21H30N2O5. The number of H-pyrrole nitrogens is 1. The van der Waals surface area contributed by atoms with Gasteiger partial charge in [-0.15, -0.1) is 0 Å². The third-order valence-corrected chi connectivity index (χ3v) is 4.89. The van der Waals surface area contributed by atoms with Crippen LogP contribution in [0.25, 0.3) is 0 Å². The van der Waals surface area contributed by atoms with E-state index in [0.29, 0.717) is 37.9 Å². The number of unbranched alkanes of at least 4 members (excludes halogenated alkanes) is 2. The van der Waals surface area contributed by atoms with Crippen LogP contribution in [-0.4, -0.2) is 36.9 Å². The first-order chi connectivity index (χ1) is 13.4. The second kappa shape index (κ2) is 10.7. The van der Waals surface area contributed by atoms with Gasteiger partial charge in [0.2, 0.25) is 5.88 Å². The van der Waals surface area contributed by atoms with E-state index in [4.69, 9.17) is 5.11 Å². The molecule has 2 rings (SSSR count). The Morgan fingerprint density at radius 2 is 1.96 bits per heavy atom. The Bertz CT molecular complexity index is 824. The first-order valence-corrected chi connectivity index (χ1v) is 9.89. The highest BCUT2D eigenvalue weighted by Gasteiger charge is 2.15. The molecule has 0 fully saturated rings. The Hall–Kier alpha value is -2.54. The minimum absolute atomic E-state index is 0.0550. The Kier molecular flexibility index (Phi) is 8.32. The number of carboxylic acids is 1. The quantitative estimate of drug-likeness (QED) is 0.416. The number of aromatic amines is 1. The van der Waals surface area contributed by atoms with Crippen molar-refractivity contribution in [1.82, 2.24) is 9.55 Å². The summed E-state index contributed by atoms with van der Waals surface area (Å²) in [6.45, 7) is 2.44. The van der Waals surface area contributed by atoms with Gasteiger partial charge < -0.3 is 15.3 Å². The molecule has 2 aromatic rings. The number of hydrogen-bond donors (Lipinski definition) is 4. The van der Waals surface area contributed by atoms with Gasteiger partial charge in [0, 0.05) is 19.4 Å². The molecule has 0 amide bonds. The van der Waals surface area contributed by atoms with E-state index in [0.717, 1.165) is 30.4 Å². The molecule has 4 N–H and O–H groups in total. The second-order valence-corrected chi connectivity index (χ2v) is 7.21. The van der Waals surface area contributed by atoms with Gasteiger partial charge in [-0.3, -0.25) is 14.3 Å². The summed E-state index contributed by atoms with van der Waals surface area (Å²) in [6, 6.07) is 7.48. The lowest BCUT2D eigenvalue weighted by Crippen LogP contribution is -2.22. The number of aliphatic carboxylic acids is 1. The lowest BCUT2D eigenvalue weighted by atomic mass is 10.0. The van der Waals surface area contributed by atoms with E-state index in [1.54, 1.807) is 0 Å². The number of nitrogens with zero attached hydrogens (tertiary/aromatic N) is 1. The highest BCUT2D eigenvalue weighted by atomic mass is 16.4. The van der Waals surface area contributed by atoms with Gasteiger partial charge >= 0.3 is 11.7 Å². The van der Waals surface area contributed by atoms with Crippen molar-refractivity contribution in [3.8, 4) is 5.88 Å². The summed E-state index contributed by atoms with van der Waals surface area (Å²) < 4.78 is 1.47. The number of aromatic hydroxyl groups is 1. The van der Waals surface area contributed by atoms with Crippen LogP contribution in [0, 0.1) is 0 Å².